The first-order chi connectivity index (χ1) is 5.08. The standard InChI is InChI=1S/C9H15NO.ClH/c1-9(2,3)10-7-8-5-4-6-11-8;/h4-6,10H,7H2,1-3H3;1H/p-1. The Morgan fingerprint density at radius 2 is 2.08 bits per heavy atom. The molecule has 0 amide bonds. The molecule has 0 atom stereocenters. The second-order valence-electron chi connectivity index (χ2n) is 3.68. The summed E-state index contributed by atoms with van der Waals surface area (Å²) in [6.45, 7) is 7.21. The number of hydrogen-bond acceptors (Lipinski definition) is 2. The zero-order chi connectivity index (χ0) is 8.32. The van der Waals surface area contributed by atoms with E-state index in [1.54, 1.807) is 6.26 Å². The number of furan rings is 1. The van der Waals surface area contributed by atoms with Crippen LogP contribution in [0.4, 0.5) is 0 Å². The lowest BCUT2D eigenvalue weighted by atomic mass is 10.1. The van der Waals surface area contributed by atoms with Crippen LogP contribution in [0, 0.1) is 0 Å². The quantitative estimate of drug-likeness (QED) is 0.656. The van der Waals surface area contributed by atoms with E-state index in [1.165, 1.54) is 0 Å². The van der Waals surface area contributed by atoms with Gasteiger partial charge in [-0.2, -0.15) is 0 Å². The number of hydrogen-bond donors (Lipinski definition) is 1. The molecule has 70 valence electrons. The maximum atomic E-state index is 5.17. The van der Waals surface area contributed by atoms with E-state index >= 15 is 0 Å². The fourth-order valence-electron chi connectivity index (χ4n) is 0.765. The third-order valence-electron chi connectivity index (χ3n) is 1.37. The van der Waals surface area contributed by atoms with E-state index in [-0.39, 0.29) is 17.9 Å². The van der Waals surface area contributed by atoms with Crippen molar-refractivity contribution < 1.29 is 16.8 Å². The van der Waals surface area contributed by atoms with Crippen molar-refractivity contribution in [2.24, 2.45) is 0 Å². The lowest BCUT2D eigenvalue weighted by molar-refractivity contribution is -0.00000350. The summed E-state index contributed by atoms with van der Waals surface area (Å²) in [4.78, 5) is 0. The third kappa shape index (κ3) is 4.42. The molecular weight excluding hydrogens is 174 g/mol. The second kappa shape index (κ2) is 4.53. The van der Waals surface area contributed by atoms with Crippen molar-refractivity contribution in [2.45, 2.75) is 32.9 Å². The van der Waals surface area contributed by atoms with Crippen LogP contribution in [0.25, 0.3) is 0 Å². The van der Waals surface area contributed by atoms with Gasteiger partial charge in [0.25, 0.3) is 0 Å². The molecule has 0 bridgehead atoms. The summed E-state index contributed by atoms with van der Waals surface area (Å²) in [6.07, 6.45) is 1.69. The van der Waals surface area contributed by atoms with Gasteiger partial charge < -0.3 is 22.1 Å². The first-order valence-electron chi connectivity index (χ1n) is 3.85. The van der Waals surface area contributed by atoms with E-state index in [0.29, 0.717) is 0 Å². The molecule has 12 heavy (non-hydrogen) atoms. The Balaban J connectivity index is 0.00000121. The molecule has 0 saturated heterocycles. The van der Waals surface area contributed by atoms with Gasteiger partial charge in [-0.05, 0) is 32.9 Å². The molecule has 1 aromatic rings. The van der Waals surface area contributed by atoms with Crippen molar-refractivity contribution in [3.63, 3.8) is 0 Å². The minimum Gasteiger partial charge on any atom is -1.00 e. The lowest BCUT2D eigenvalue weighted by Gasteiger charge is -2.19. The molecule has 3 heteroatoms. The summed E-state index contributed by atoms with van der Waals surface area (Å²) in [5.74, 6) is 0.986. The highest BCUT2D eigenvalue weighted by Crippen LogP contribution is 2.03. The molecule has 1 rings (SSSR count). The Morgan fingerprint density at radius 3 is 2.50 bits per heavy atom. The van der Waals surface area contributed by atoms with E-state index < -0.39 is 0 Å². The Hall–Kier alpha value is -0.470. The van der Waals surface area contributed by atoms with Gasteiger partial charge in [0.15, 0.2) is 0 Å². The largest absolute Gasteiger partial charge is 1.00 e. The zero-order valence-electron chi connectivity index (χ0n) is 7.73. The predicted octanol–water partition coefficient (Wildman–Crippen LogP) is -0.828. The molecule has 0 unspecified atom stereocenters. The molecule has 0 fully saturated rings. The van der Waals surface area contributed by atoms with Gasteiger partial charge in [0.2, 0.25) is 0 Å². The fourth-order valence-corrected chi connectivity index (χ4v) is 0.765. The van der Waals surface area contributed by atoms with Crippen molar-refractivity contribution in [3.8, 4) is 0 Å². The molecule has 1 heterocycles. The highest BCUT2D eigenvalue weighted by Gasteiger charge is 2.08. The highest BCUT2D eigenvalue weighted by atomic mass is 35.5. The lowest BCUT2D eigenvalue weighted by Crippen LogP contribution is -3.00. The molecule has 1 N–H and O–H groups in total. The summed E-state index contributed by atoms with van der Waals surface area (Å²) in [7, 11) is 0. The summed E-state index contributed by atoms with van der Waals surface area (Å²) >= 11 is 0. The first kappa shape index (κ1) is 11.5. The van der Waals surface area contributed by atoms with Gasteiger partial charge >= 0.3 is 0 Å². The smallest absolute Gasteiger partial charge is 0.117 e. The van der Waals surface area contributed by atoms with Crippen molar-refractivity contribution in [1.82, 2.24) is 5.32 Å². The van der Waals surface area contributed by atoms with Gasteiger partial charge in [0, 0.05) is 5.54 Å². The molecule has 1 aromatic heterocycles. The average Bonchev–Trinajstić information content (AvgIpc) is 2.32. The summed E-state index contributed by atoms with van der Waals surface area (Å²) in [5.41, 5.74) is 0.160. The predicted molar refractivity (Wildman–Crippen MR) is 45.3 cm³/mol. The zero-order valence-corrected chi connectivity index (χ0v) is 8.48. The average molecular weight is 189 g/mol. The summed E-state index contributed by atoms with van der Waals surface area (Å²) in [6, 6.07) is 3.87. The summed E-state index contributed by atoms with van der Waals surface area (Å²) < 4.78 is 5.17. The maximum Gasteiger partial charge on any atom is 0.117 e. The van der Waals surface area contributed by atoms with Gasteiger partial charge in [0.1, 0.15) is 5.76 Å². The van der Waals surface area contributed by atoms with Gasteiger partial charge in [0.05, 0.1) is 12.8 Å². The Bertz CT molecular complexity index is 201. The van der Waals surface area contributed by atoms with Crippen LogP contribution in [0.3, 0.4) is 0 Å². The Labute approximate surface area is 79.8 Å². The number of rotatable bonds is 2. The molecule has 0 spiro atoms. The van der Waals surface area contributed by atoms with E-state index in [1.807, 2.05) is 12.1 Å². The molecule has 0 saturated carbocycles. The SMILES string of the molecule is CC(C)(C)NCc1ccco1.[Cl-]. The maximum absolute atomic E-state index is 5.17. The summed E-state index contributed by atoms with van der Waals surface area (Å²) in [5, 5.41) is 3.33. The van der Waals surface area contributed by atoms with Crippen molar-refractivity contribution >= 4 is 0 Å². The van der Waals surface area contributed by atoms with Crippen LogP contribution >= 0.6 is 0 Å². The van der Waals surface area contributed by atoms with Crippen LogP contribution in [0.1, 0.15) is 26.5 Å². The van der Waals surface area contributed by atoms with Gasteiger partial charge in [-0.3, -0.25) is 0 Å². The topological polar surface area (TPSA) is 25.2 Å². The van der Waals surface area contributed by atoms with Crippen LogP contribution in [0.5, 0.6) is 0 Å². The molecular formula is C9H15ClNO-. The molecule has 0 radical (unpaired) electrons. The molecule has 0 aliphatic carbocycles. The van der Waals surface area contributed by atoms with Gasteiger partial charge in [-0.25, -0.2) is 0 Å². The van der Waals surface area contributed by atoms with Crippen molar-refractivity contribution in [1.29, 1.82) is 0 Å². The van der Waals surface area contributed by atoms with E-state index in [4.69, 9.17) is 4.42 Å². The normalized spacial score (nSPS) is 10.9. The van der Waals surface area contributed by atoms with Crippen molar-refractivity contribution in [3.05, 3.63) is 24.2 Å². The monoisotopic (exact) mass is 188 g/mol. The second-order valence-corrected chi connectivity index (χ2v) is 3.68. The van der Waals surface area contributed by atoms with Gasteiger partial charge in [-0.15, -0.1) is 0 Å². The number of halogens is 1. The van der Waals surface area contributed by atoms with Crippen molar-refractivity contribution in [2.75, 3.05) is 0 Å². The highest BCUT2D eigenvalue weighted by molar-refractivity contribution is 4.98. The molecule has 0 aromatic carbocycles. The fraction of sp³-hybridized carbons (Fsp3) is 0.556. The molecule has 2 nitrogen and oxygen atoms in total. The Kier molecular flexibility index (Phi) is 4.35. The van der Waals surface area contributed by atoms with Crippen LogP contribution in [0.2, 0.25) is 0 Å². The minimum absolute atomic E-state index is 0. The van der Waals surface area contributed by atoms with Crippen LogP contribution < -0.4 is 17.7 Å². The van der Waals surface area contributed by atoms with Crippen LogP contribution in [-0.4, -0.2) is 5.54 Å². The molecule has 0 aliphatic rings. The molecule has 0 aliphatic heterocycles. The third-order valence-corrected chi connectivity index (χ3v) is 1.37. The van der Waals surface area contributed by atoms with Crippen LogP contribution in [-0.2, 0) is 6.54 Å². The first-order valence-corrected chi connectivity index (χ1v) is 3.85. The van der Waals surface area contributed by atoms with Gasteiger partial charge in [-0.1, -0.05) is 0 Å². The minimum atomic E-state index is 0. The Morgan fingerprint density at radius 1 is 1.42 bits per heavy atom. The van der Waals surface area contributed by atoms with E-state index in [0.717, 1.165) is 12.3 Å². The van der Waals surface area contributed by atoms with E-state index in [2.05, 4.69) is 26.1 Å². The van der Waals surface area contributed by atoms with Crippen LogP contribution in [0.15, 0.2) is 22.8 Å². The number of nitrogens with one attached hydrogen (secondary N) is 1. The van der Waals surface area contributed by atoms with E-state index in [9.17, 15) is 0 Å².